The summed E-state index contributed by atoms with van der Waals surface area (Å²) >= 11 is 0. The van der Waals surface area contributed by atoms with Crippen LogP contribution in [0.3, 0.4) is 0 Å². The number of hydrogen-bond donors (Lipinski definition) is 4. The Morgan fingerprint density at radius 3 is 2.04 bits per heavy atom. The van der Waals surface area contributed by atoms with Crippen molar-refractivity contribution in [1.82, 2.24) is 21.3 Å². The lowest BCUT2D eigenvalue weighted by Gasteiger charge is -2.09. The Morgan fingerprint density at radius 2 is 1.43 bits per heavy atom. The number of ether oxygens (including phenoxy) is 3. The van der Waals surface area contributed by atoms with Gasteiger partial charge in [0.2, 0.25) is 5.91 Å². The number of ketones is 1. The Balaban J connectivity index is 3.17. The Kier molecular flexibility index (Phi) is 16.4. The van der Waals surface area contributed by atoms with Crippen molar-refractivity contribution < 1.29 is 23.8 Å². The molecule has 0 aliphatic carbocycles. The number of hydrogen-bond acceptors (Lipinski definition) is 8. The fourth-order valence-corrected chi connectivity index (χ4v) is 1.40. The molecule has 0 fully saturated rings. The first kappa shape index (κ1) is 21.9. The van der Waals surface area contributed by atoms with Gasteiger partial charge in [0.1, 0.15) is 13.2 Å². The number of nitrogens with one attached hydrogen (secondary N) is 4. The van der Waals surface area contributed by atoms with Crippen molar-refractivity contribution in [2.24, 2.45) is 0 Å². The minimum Gasteiger partial charge on any atom is -0.379 e. The molecule has 0 saturated carbocycles. The molecule has 9 nitrogen and oxygen atoms in total. The normalized spacial score (nSPS) is 10.7. The summed E-state index contributed by atoms with van der Waals surface area (Å²) in [6.07, 6.45) is 0. The maximum Gasteiger partial charge on any atom is 0.246 e. The van der Waals surface area contributed by atoms with Gasteiger partial charge in [-0.1, -0.05) is 0 Å². The van der Waals surface area contributed by atoms with E-state index in [-0.39, 0.29) is 31.5 Å². The zero-order valence-corrected chi connectivity index (χ0v) is 14.1. The second kappa shape index (κ2) is 17.3. The van der Waals surface area contributed by atoms with Crippen LogP contribution < -0.4 is 21.3 Å². The van der Waals surface area contributed by atoms with Gasteiger partial charge in [0.15, 0.2) is 5.78 Å². The molecule has 0 spiro atoms. The Morgan fingerprint density at radius 1 is 0.826 bits per heavy atom. The molecule has 0 aromatic carbocycles. The van der Waals surface area contributed by atoms with Crippen LogP contribution in [0.15, 0.2) is 0 Å². The molecule has 0 aromatic heterocycles. The van der Waals surface area contributed by atoms with Crippen molar-refractivity contribution in [2.45, 2.75) is 6.92 Å². The van der Waals surface area contributed by atoms with Crippen molar-refractivity contribution in [3.63, 3.8) is 0 Å². The zero-order chi connectivity index (χ0) is 17.2. The number of carbonyl (C=O) groups excluding carboxylic acids is 2. The number of Topliss-reactive ketones (excluding diaryl/α,β-unsaturated/α-hetero) is 1. The standard InChI is InChI=1S/C14H30N4O5/c1-13(19)9-22-7-8-23-10-14(20)18-12-17-4-6-21-5-3-16-11-15-2/h15-17H,3-12H2,1-2H3,(H,18,20). The molecule has 0 aromatic rings. The van der Waals surface area contributed by atoms with Gasteiger partial charge in [-0.2, -0.15) is 0 Å². The summed E-state index contributed by atoms with van der Waals surface area (Å²) in [6.45, 7) is 5.89. The molecule has 0 bridgehead atoms. The quantitative estimate of drug-likeness (QED) is 0.180. The number of amides is 1. The fraction of sp³-hybridized carbons (Fsp3) is 0.857. The van der Waals surface area contributed by atoms with Crippen LogP contribution >= 0.6 is 0 Å². The summed E-state index contributed by atoms with van der Waals surface area (Å²) in [5.41, 5.74) is 0. The van der Waals surface area contributed by atoms with Gasteiger partial charge in [0, 0.05) is 19.8 Å². The Bertz CT molecular complexity index is 305. The summed E-state index contributed by atoms with van der Waals surface area (Å²) in [7, 11) is 1.87. The van der Waals surface area contributed by atoms with Crippen LogP contribution in [-0.4, -0.2) is 84.8 Å². The molecule has 4 N–H and O–H groups in total. The van der Waals surface area contributed by atoms with E-state index in [1.54, 1.807) is 0 Å². The van der Waals surface area contributed by atoms with Gasteiger partial charge in [-0.3, -0.25) is 14.9 Å². The highest BCUT2D eigenvalue weighted by Crippen LogP contribution is 1.80. The Hall–Kier alpha value is -1.10. The van der Waals surface area contributed by atoms with Crippen LogP contribution in [0.2, 0.25) is 0 Å². The van der Waals surface area contributed by atoms with E-state index in [2.05, 4.69) is 21.3 Å². The summed E-state index contributed by atoms with van der Waals surface area (Å²) in [5, 5.41) is 11.8. The first-order valence-electron chi connectivity index (χ1n) is 7.72. The molecule has 0 atom stereocenters. The van der Waals surface area contributed by atoms with E-state index < -0.39 is 0 Å². The molecule has 9 heteroatoms. The van der Waals surface area contributed by atoms with Gasteiger partial charge < -0.3 is 30.2 Å². The van der Waals surface area contributed by atoms with Crippen molar-refractivity contribution in [3.8, 4) is 0 Å². The van der Waals surface area contributed by atoms with Crippen LogP contribution in [-0.2, 0) is 23.8 Å². The molecule has 0 aliphatic rings. The van der Waals surface area contributed by atoms with E-state index in [4.69, 9.17) is 14.2 Å². The monoisotopic (exact) mass is 334 g/mol. The highest BCUT2D eigenvalue weighted by Gasteiger charge is 2.00. The molecule has 0 heterocycles. The van der Waals surface area contributed by atoms with Gasteiger partial charge >= 0.3 is 0 Å². The largest absolute Gasteiger partial charge is 0.379 e. The van der Waals surface area contributed by atoms with Crippen molar-refractivity contribution >= 4 is 11.7 Å². The lowest BCUT2D eigenvalue weighted by atomic mass is 10.5. The summed E-state index contributed by atoms with van der Waals surface area (Å²) < 4.78 is 15.5. The topological polar surface area (TPSA) is 110 Å². The number of rotatable bonds is 17. The minimum absolute atomic E-state index is 0.0290. The predicted octanol–water partition coefficient (Wildman–Crippen LogP) is -1.94. The first-order valence-corrected chi connectivity index (χ1v) is 7.72. The van der Waals surface area contributed by atoms with E-state index >= 15 is 0 Å². The molecule has 0 radical (unpaired) electrons. The smallest absolute Gasteiger partial charge is 0.246 e. The van der Waals surface area contributed by atoms with Gasteiger partial charge in [0.05, 0.1) is 33.1 Å². The third-order valence-corrected chi connectivity index (χ3v) is 2.47. The molecular formula is C14H30N4O5. The van der Waals surface area contributed by atoms with E-state index in [0.29, 0.717) is 33.0 Å². The third-order valence-electron chi connectivity index (χ3n) is 2.47. The second-order valence-electron chi connectivity index (χ2n) is 4.73. The summed E-state index contributed by atoms with van der Waals surface area (Å²) in [4.78, 5) is 22.0. The van der Waals surface area contributed by atoms with Crippen molar-refractivity contribution in [1.29, 1.82) is 0 Å². The van der Waals surface area contributed by atoms with Gasteiger partial charge in [-0.15, -0.1) is 0 Å². The third kappa shape index (κ3) is 18.9. The zero-order valence-electron chi connectivity index (χ0n) is 14.1. The van der Waals surface area contributed by atoms with Crippen LogP contribution in [0, 0.1) is 0 Å². The molecule has 1 amide bonds. The average molecular weight is 334 g/mol. The van der Waals surface area contributed by atoms with Crippen LogP contribution in [0.25, 0.3) is 0 Å². The predicted molar refractivity (Wildman–Crippen MR) is 86.1 cm³/mol. The van der Waals surface area contributed by atoms with E-state index in [1.807, 2.05) is 7.05 Å². The van der Waals surface area contributed by atoms with Crippen LogP contribution in [0.5, 0.6) is 0 Å². The minimum atomic E-state index is -0.207. The average Bonchev–Trinajstić information content (AvgIpc) is 2.52. The summed E-state index contributed by atoms with van der Waals surface area (Å²) in [6, 6.07) is 0. The van der Waals surface area contributed by atoms with Gasteiger partial charge in [-0.05, 0) is 14.0 Å². The molecule has 0 unspecified atom stereocenters. The van der Waals surface area contributed by atoms with Crippen LogP contribution in [0.1, 0.15) is 6.92 Å². The maximum atomic E-state index is 11.4. The molecule has 0 aliphatic heterocycles. The SMILES string of the molecule is CNCNCCOCCNCNC(=O)COCCOCC(C)=O. The maximum absolute atomic E-state index is 11.4. The number of carbonyl (C=O) groups is 2. The van der Waals surface area contributed by atoms with E-state index in [9.17, 15) is 9.59 Å². The van der Waals surface area contributed by atoms with Gasteiger partial charge in [-0.25, -0.2) is 0 Å². The van der Waals surface area contributed by atoms with Crippen LogP contribution in [0.4, 0.5) is 0 Å². The molecular weight excluding hydrogens is 304 g/mol. The highest BCUT2D eigenvalue weighted by molar-refractivity contribution is 5.77. The van der Waals surface area contributed by atoms with Gasteiger partial charge in [0.25, 0.3) is 0 Å². The first-order chi connectivity index (χ1) is 11.2. The summed E-state index contributed by atoms with van der Waals surface area (Å²) in [5.74, 6) is -0.242. The van der Waals surface area contributed by atoms with Crippen molar-refractivity contribution in [2.75, 3.05) is 73.1 Å². The fourth-order valence-electron chi connectivity index (χ4n) is 1.40. The molecule has 0 rings (SSSR count). The van der Waals surface area contributed by atoms with E-state index in [0.717, 1.165) is 13.2 Å². The second-order valence-corrected chi connectivity index (χ2v) is 4.73. The van der Waals surface area contributed by atoms with Crippen molar-refractivity contribution in [3.05, 3.63) is 0 Å². The lowest BCUT2D eigenvalue weighted by molar-refractivity contribution is -0.127. The lowest BCUT2D eigenvalue weighted by Crippen LogP contribution is -2.37. The molecule has 0 saturated heterocycles. The molecule has 136 valence electrons. The molecule has 23 heavy (non-hydrogen) atoms. The Labute approximate surface area is 137 Å². The highest BCUT2D eigenvalue weighted by atomic mass is 16.5. The van der Waals surface area contributed by atoms with E-state index in [1.165, 1.54) is 6.92 Å².